The number of guanidine groups is 1. The molecule has 1 aromatic carbocycles. The van der Waals surface area contributed by atoms with E-state index >= 15 is 0 Å². The van der Waals surface area contributed by atoms with Gasteiger partial charge in [-0.25, -0.2) is 0 Å². The first kappa shape index (κ1) is 45.4. The Kier molecular flexibility index (Phi) is 20.0. The summed E-state index contributed by atoms with van der Waals surface area (Å²) in [5.41, 5.74) is 23.8. The molecule has 1 aromatic rings. The van der Waals surface area contributed by atoms with Gasteiger partial charge in [-0.1, -0.05) is 58.0 Å². The zero-order chi connectivity index (χ0) is 40.2. The van der Waals surface area contributed by atoms with Gasteiger partial charge in [-0.3, -0.25) is 33.8 Å². The van der Waals surface area contributed by atoms with E-state index in [0.29, 0.717) is 38.6 Å². The fraction of sp³-hybridized carbons (Fsp3) is 0.649. The van der Waals surface area contributed by atoms with Crippen molar-refractivity contribution in [3.05, 3.63) is 35.9 Å². The Morgan fingerprint density at radius 3 is 1.80 bits per heavy atom. The number of hydrogen-bond donors (Lipinski definition) is 10. The highest BCUT2D eigenvalue weighted by atomic mass is 16.2. The lowest BCUT2D eigenvalue weighted by molar-refractivity contribution is -0.135. The number of amides is 6. The van der Waals surface area contributed by atoms with Crippen LogP contribution in [0.25, 0.3) is 0 Å². The van der Waals surface area contributed by atoms with Crippen LogP contribution in [0.5, 0.6) is 0 Å². The molecule has 54 heavy (non-hydrogen) atoms. The molecule has 0 bridgehead atoms. The third kappa shape index (κ3) is 17.4. The second kappa shape index (κ2) is 23.8. The first-order valence-electron chi connectivity index (χ1n) is 18.9. The van der Waals surface area contributed by atoms with Crippen molar-refractivity contribution in [1.82, 2.24) is 31.9 Å². The molecule has 1 fully saturated rings. The Labute approximate surface area is 318 Å². The van der Waals surface area contributed by atoms with Crippen LogP contribution in [0.1, 0.15) is 84.6 Å². The number of nitrogens with two attached hydrogens (primary N) is 4. The number of carbonyl (C=O) groups excluding carboxylic acids is 6. The molecule has 0 radical (unpaired) electrons. The van der Waals surface area contributed by atoms with Crippen LogP contribution in [-0.4, -0.2) is 97.3 Å². The van der Waals surface area contributed by atoms with E-state index in [1.165, 1.54) is 0 Å². The molecule has 0 spiro atoms. The van der Waals surface area contributed by atoms with Crippen LogP contribution in [0, 0.1) is 11.8 Å². The van der Waals surface area contributed by atoms with Crippen molar-refractivity contribution < 1.29 is 28.8 Å². The number of unbranched alkanes of at least 4 members (excludes halogenated alkanes) is 1. The summed E-state index contributed by atoms with van der Waals surface area (Å²) >= 11 is 0. The third-order valence-corrected chi connectivity index (χ3v) is 8.83. The monoisotopic (exact) mass is 757 g/mol. The number of carbonyl (C=O) groups is 6. The Morgan fingerprint density at radius 1 is 0.667 bits per heavy atom. The number of rotatable bonds is 11. The summed E-state index contributed by atoms with van der Waals surface area (Å²) in [6, 6.07) is 2.80. The first-order valence-corrected chi connectivity index (χ1v) is 18.9. The highest BCUT2D eigenvalue weighted by molar-refractivity contribution is 5.96. The summed E-state index contributed by atoms with van der Waals surface area (Å²) in [4.78, 5) is 85.0. The molecule has 1 saturated heterocycles. The average molecular weight is 758 g/mol. The number of nitrogens with zero attached hydrogens (tertiary/aromatic N) is 1. The van der Waals surface area contributed by atoms with Crippen LogP contribution in [0.2, 0.25) is 0 Å². The molecule has 302 valence electrons. The van der Waals surface area contributed by atoms with Gasteiger partial charge in [0.15, 0.2) is 5.96 Å². The van der Waals surface area contributed by atoms with Crippen LogP contribution in [0.3, 0.4) is 0 Å². The topological polar surface area (TPSA) is 291 Å². The smallest absolute Gasteiger partial charge is 0.243 e. The van der Waals surface area contributed by atoms with Gasteiger partial charge in [-0.2, -0.15) is 0 Å². The molecular weight excluding hydrogens is 694 g/mol. The van der Waals surface area contributed by atoms with Gasteiger partial charge >= 0.3 is 0 Å². The molecule has 6 amide bonds. The largest absolute Gasteiger partial charge is 0.370 e. The van der Waals surface area contributed by atoms with E-state index in [1.54, 1.807) is 24.3 Å². The predicted molar refractivity (Wildman–Crippen MR) is 207 cm³/mol. The van der Waals surface area contributed by atoms with Gasteiger partial charge in [0.05, 0.1) is 6.04 Å². The maximum absolute atomic E-state index is 13.9. The first-order chi connectivity index (χ1) is 25.6. The summed E-state index contributed by atoms with van der Waals surface area (Å²) in [5.74, 6) is -3.45. The van der Waals surface area contributed by atoms with Crippen molar-refractivity contribution in [3.8, 4) is 0 Å². The van der Waals surface area contributed by atoms with Gasteiger partial charge in [-0.05, 0) is 68.8 Å². The highest BCUT2D eigenvalue weighted by Gasteiger charge is 2.33. The second-order valence-electron chi connectivity index (χ2n) is 14.7. The summed E-state index contributed by atoms with van der Waals surface area (Å²) in [7, 11) is 0. The van der Waals surface area contributed by atoms with Crippen molar-refractivity contribution in [2.24, 2.45) is 39.8 Å². The Bertz CT molecular complexity index is 1400. The van der Waals surface area contributed by atoms with E-state index < -0.39 is 71.7 Å². The molecule has 0 saturated carbocycles. The summed E-state index contributed by atoms with van der Waals surface area (Å²) in [6.45, 7) is 7.99. The van der Waals surface area contributed by atoms with Gasteiger partial charge < -0.3 is 54.8 Å². The van der Waals surface area contributed by atoms with Gasteiger partial charge in [-0.15, -0.1) is 0 Å². The van der Waals surface area contributed by atoms with Gasteiger partial charge in [0.2, 0.25) is 35.4 Å². The van der Waals surface area contributed by atoms with E-state index in [1.807, 2.05) is 33.8 Å². The van der Waals surface area contributed by atoms with Crippen molar-refractivity contribution >= 4 is 41.4 Å². The number of nitrogens with one attached hydrogen (secondary N) is 6. The molecular formula is C37H63N11O6. The zero-order valence-electron chi connectivity index (χ0n) is 32.2. The van der Waals surface area contributed by atoms with Crippen molar-refractivity contribution in [1.29, 1.82) is 0 Å². The average Bonchev–Trinajstić information content (AvgIpc) is 3.11. The summed E-state index contributed by atoms with van der Waals surface area (Å²) < 4.78 is 0. The maximum Gasteiger partial charge on any atom is 0.243 e. The van der Waals surface area contributed by atoms with Crippen LogP contribution in [0.15, 0.2) is 35.3 Å². The highest BCUT2D eigenvalue weighted by Crippen LogP contribution is 2.12. The molecule has 0 aromatic heterocycles. The van der Waals surface area contributed by atoms with Crippen LogP contribution < -0.4 is 54.8 Å². The zero-order valence-corrected chi connectivity index (χ0v) is 32.2. The van der Waals surface area contributed by atoms with Crippen molar-refractivity contribution in [3.63, 3.8) is 0 Å². The molecule has 1 aliphatic rings. The molecule has 1 heterocycles. The van der Waals surface area contributed by atoms with E-state index in [4.69, 9.17) is 22.9 Å². The minimum atomic E-state index is -1.20. The number of hydrogen-bond acceptors (Lipinski definition) is 9. The second-order valence-corrected chi connectivity index (χ2v) is 14.7. The third-order valence-electron chi connectivity index (χ3n) is 8.83. The number of benzene rings is 1. The van der Waals surface area contributed by atoms with Crippen LogP contribution >= 0.6 is 0 Å². The van der Waals surface area contributed by atoms with Crippen LogP contribution in [0.4, 0.5) is 0 Å². The van der Waals surface area contributed by atoms with E-state index in [-0.39, 0.29) is 56.6 Å². The predicted octanol–water partition coefficient (Wildman–Crippen LogP) is -1.22. The Hall–Kier alpha value is -4.77. The lowest BCUT2D eigenvalue weighted by atomic mass is 9.98. The Balaban J connectivity index is 2.44. The summed E-state index contributed by atoms with van der Waals surface area (Å²) in [5, 5.41) is 16.6. The molecule has 0 aliphatic carbocycles. The minimum Gasteiger partial charge on any atom is -0.370 e. The van der Waals surface area contributed by atoms with Crippen molar-refractivity contribution in [2.45, 2.75) is 122 Å². The maximum atomic E-state index is 13.9. The summed E-state index contributed by atoms with van der Waals surface area (Å²) in [6.07, 6.45) is 3.27. The quantitative estimate of drug-likeness (QED) is 0.0729. The van der Waals surface area contributed by atoms with E-state index in [9.17, 15) is 28.8 Å². The SMILES string of the molecule is CC(C)C[C@@H]1NC(=O)[C@H](CC(C)C)NC(=O)[C@@H](Cc2ccccc2)NC(=O)[C@H](N)CNC(=O)[C@@H](N)CCCCNC(=O)[C@@H](CCCCN=C(N)N)NC1=O. The van der Waals surface area contributed by atoms with E-state index in [2.05, 4.69) is 36.9 Å². The molecule has 14 N–H and O–H groups in total. The van der Waals surface area contributed by atoms with Gasteiger partial charge in [0.1, 0.15) is 30.2 Å². The normalized spacial score (nSPS) is 24.7. The van der Waals surface area contributed by atoms with E-state index in [0.717, 1.165) is 5.56 Å². The molecule has 17 nitrogen and oxygen atoms in total. The molecule has 1 aliphatic heterocycles. The fourth-order valence-electron chi connectivity index (χ4n) is 5.89. The van der Waals surface area contributed by atoms with Gasteiger partial charge in [0, 0.05) is 26.1 Å². The Morgan fingerprint density at radius 2 is 1.22 bits per heavy atom. The number of aliphatic imine (C=N–C) groups is 1. The standard InChI is InChI=1S/C37H63N11O6/c1-22(2)18-28-34(52)45-27(15-9-11-17-43-37(40)41)33(51)42-16-10-8-14-25(38)31(49)44-21-26(39)32(50)46-30(20-24-12-6-5-7-13-24)36(54)48-29(19-23(3)4)35(53)47-28/h5-7,12-13,22-23,25-30H,8-11,14-21,38-39H2,1-4H3,(H,42,51)(H,44,49)(H,45,52)(H,46,50)(H,47,53)(H,48,54)(H4,40,41,43)/t25-,26+,27+,28-,29-,30+/m0/s1. The molecule has 2 rings (SSSR count). The lowest BCUT2D eigenvalue weighted by Crippen LogP contribution is -2.60. The molecule has 6 atom stereocenters. The van der Waals surface area contributed by atoms with Crippen LogP contribution in [-0.2, 0) is 35.2 Å². The molecule has 17 heteroatoms. The van der Waals surface area contributed by atoms with Crippen molar-refractivity contribution in [2.75, 3.05) is 19.6 Å². The van der Waals surface area contributed by atoms with Gasteiger partial charge in [0.25, 0.3) is 0 Å². The molecule has 0 unspecified atom stereocenters. The lowest BCUT2D eigenvalue weighted by Gasteiger charge is -2.28. The fourth-order valence-corrected chi connectivity index (χ4v) is 5.89. The minimum absolute atomic E-state index is 0.0175.